The number of aromatic nitrogens is 1. The molecule has 0 amide bonds. The van der Waals surface area contributed by atoms with Crippen molar-refractivity contribution in [1.82, 2.24) is 10.3 Å². The van der Waals surface area contributed by atoms with Crippen molar-refractivity contribution in [3.8, 4) is 11.5 Å². The normalized spacial score (nSPS) is 10.8. The van der Waals surface area contributed by atoms with Crippen molar-refractivity contribution >= 4 is 15.9 Å². The summed E-state index contributed by atoms with van der Waals surface area (Å²) in [4.78, 5) is 4.15. The standard InChI is InChI=1S/C16H19BrN2O/c1-11(2)19-9-13-6-7-18-10-16(13)20-15-5-4-12(3)8-14(15)17/h4-8,10-11,19H,9H2,1-3H3. The van der Waals surface area contributed by atoms with Crippen LogP contribution in [0.25, 0.3) is 0 Å². The largest absolute Gasteiger partial charge is 0.454 e. The number of hydrogen-bond acceptors (Lipinski definition) is 3. The molecule has 2 aromatic rings. The van der Waals surface area contributed by atoms with E-state index >= 15 is 0 Å². The first-order valence-electron chi connectivity index (χ1n) is 6.66. The van der Waals surface area contributed by atoms with E-state index in [9.17, 15) is 0 Å². The molecule has 0 saturated heterocycles. The molecule has 2 rings (SSSR count). The number of rotatable bonds is 5. The third-order valence-electron chi connectivity index (χ3n) is 2.88. The fraction of sp³-hybridized carbons (Fsp3) is 0.312. The van der Waals surface area contributed by atoms with Gasteiger partial charge >= 0.3 is 0 Å². The summed E-state index contributed by atoms with van der Waals surface area (Å²) < 4.78 is 6.93. The van der Waals surface area contributed by atoms with E-state index in [1.54, 1.807) is 12.4 Å². The first-order chi connectivity index (χ1) is 9.56. The van der Waals surface area contributed by atoms with Crippen LogP contribution in [0.2, 0.25) is 0 Å². The smallest absolute Gasteiger partial charge is 0.150 e. The van der Waals surface area contributed by atoms with Crippen LogP contribution in [0.3, 0.4) is 0 Å². The fourth-order valence-corrected chi connectivity index (χ4v) is 2.34. The summed E-state index contributed by atoms with van der Waals surface area (Å²) in [6, 6.07) is 8.45. The lowest BCUT2D eigenvalue weighted by molar-refractivity contribution is 0.464. The molecule has 0 saturated carbocycles. The van der Waals surface area contributed by atoms with Gasteiger partial charge in [0.05, 0.1) is 10.7 Å². The van der Waals surface area contributed by atoms with Crippen LogP contribution in [0.15, 0.2) is 41.1 Å². The highest BCUT2D eigenvalue weighted by atomic mass is 79.9. The molecule has 3 nitrogen and oxygen atoms in total. The molecule has 1 aromatic heterocycles. The molecule has 0 atom stereocenters. The van der Waals surface area contributed by atoms with Gasteiger partial charge in [-0.25, -0.2) is 0 Å². The molecule has 0 aliphatic heterocycles. The van der Waals surface area contributed by atoms with Gasteiger partial charge in [-0.3, -0.25) is 4.98 Å². The van der Waals surface area contributed by atoms with Crippen LogP contribution in [-0.4, -0.2) is 11.0 Å². The SMILES string of the molecule is Cc1ccc(Oc2cnccc2CNC(C)C)c(Br)c1. The van der Waals surface area contributed by atoms with E-state index in [1.807, 2.05) is 24.3 Å². The average Bonchev–Trinajstić information content (AvgIpc) is 2.41. The zero-order chi connectivity index (χ0) is 14.5. The number of halogens is 1. The van der Waals surface area contributed by atoms with Crippen molar-refractivity contribution in [1.29, 1.82) is 0 Å². The Hall–Kier alpha value is -1.39. The molecule has 0 aliphatic carbocycles. The zero-order valence-electron chi connectivity index (χ0n) is 12.0. The fourth-order valence-electron chi connectivity index (χ4n) is 1.77. The van der Waals surface area contributed by atoms with E-state index in [4.69, 9.17) is 4.74 Å². The lowest BCUT2D eigenvalue weighted by atomic mass is 10.2. The van der Waals surface area contributed by atoms with Crippen LogP contribution in [-0.2, 0) is 6.54 Å². The Morgan fingerprint density at radius 2 is 2.05 bits per heavy atom. The van der Waals surface area contributed by atoms with Gasteiger partial charge < -0.3 is 10.1 Å². The van der Waals surface area contributed by atoms with Crippen molar-refractivity contribution in [2.75, 3.05) is 0 Å². The highest BCUT2D eigenvalue weighted by Gasteiger charge is 2.08. The second-order valence-corrected chi connectivity index (χ2v) is 5.91. The summed E-state index contributed by atoms with van der Waals surface area (Å²) in [5.74, 6) is 1.58. The van der Waals surface area contributed by atoms with Crippen LogP contribution in [0.5, 0.6) is 11.5 Å². The maximum atomic E-state index is 5.98. The minimum Gasteiger partial charge on any atom is -0.454 e. The predicted octanol–water partition coefficient (Wildman–Crippen LogP) is 4.44. The Bertz CT molecular complexity index is 584. The lowest BCUT2D eigenvalue weighted by Gasteiger charge is -2.14. The van der Waals surface area contributed by atoms with E-state index < -0.39 is 0 Å². The highest BCUT2D eigenvalue weighted by Crippen LogP contribution is 2.31. The van der Waals surface area contributed by atoms with Gasteiger partial charge in [-0.1, -0.05) is 19.9 Å². The van der Waals surface area contributed by atoms with Gasteiger partial charge in [0.25, 0.3) is 0 Å². The van der Waals surface area contributed by atoms with Crippen molar-refractivity contribution in [2.45, 2.75) is 33.4 Å². The molecule has 106 valence electrons. The van der Waals surface area contributed by atoms with Crippen molar-refractivity contribution in [3.05, 3.63) is 52.3 Å². The molecular formula is C16H19BrN2O. The molecule has 0 radical (unpaired) electrons. The van der Waals surface area contributed by atoms with Gasteiger partial charge in [-0.05, 0) is 46.6 Å². The van der Waals surface area contributed by atoms with E-state index in [2.05, 4.69) is 47.0 Å². The van der Waals surface area contributed by atoms with Crippen molar-refractivity contribution < 1.29 is 4.74 Å². The maximum absolute atomic E-state index is 5.98. The van der Waals surface area contributed by atoms with Crippen LogP contribution < -0.4 is 10.1 Å². The molecule has 1 heterocycles. The first-order valence-corrected chi connectivity index (χ1v) is 7.46. The van der Waals surface area contributed by atoms with E-state index in [0.29, 0.717) is 6.04 Å². The molecule has 0 bridgehead atoms. The van der Waals surface area contributed by atoms with Gasteiger partial charge in [0.1, 0.15) is 11.5 Å². The van der Waals surface area contributed by atoms with Crippen molar-refractivity contribution in [2.24, 2.45) is 0 Å². The Morgan fingerprint density at radius 1 is 1.25 bits per heavy atom. The van der Waals surface area contributed by atoms with Gasteiger partial charge in [-0.2, -0.15) is 0 Å². The second kappa shape index (κ2) is 6.86. The Morgan fingerprint density at radius 3 is 2.75 bits per heavy atom. The summed E-state index contributed by atoms with van der Waals surface area (Å²) >= 11 is 3.53. The highest BCUT2D eigenvalue weighted by molar-refractivity contribution is 9.10. The van der Waals surface area contributed by atoms with E-state index in [1.165, 1.54) is 5.56 Å². The number of pyridine rings is 1. The minimum atomic E-state index is 0.433. The summed E-state index contributed by atoms with van der Waals surface area (Å²) in [6.07, 6.45) is 3.54. The lowest BCUT2D eigenvalue weighted by Crippen LogP contribution is -2.22. The van der Waals surface area contributed by atoms with Gasteiger partial charge in [-0.15, -0.1) is 0 Å². The molecular weight excluding hydrogens is 316 g/mol. The molecule has 0 fully saturated rings. The molecule has 1 N–H and O–H groups in total. The summed E-state index contributed by atoms with van der Waals surface area (Å²) in [7, 11) is 0. The van der Waals surface area contributed by atoms with Crippen LogP contribution in [0.4, 0.5) is 0 Å². The van der Waals surface area contributed by atoms with Gasteiger partial charge in [0, 0.05) is 24.3 Å². The summed E-state index contributed by atoms with van der Waals surface area (Å²) in [5.41, 5.74) is 2.29. The number of benzene rings is 1. The number of nitrogens with zero attached hydrogens (tertiary/aromatic N) is 1. The molecule has 0 unspecified atom stereocenters. The van der Waals surface area contributed by atoms with Crippen LogP contribution >= 0.6 is 15.9 Å². The number of ether oxygens (including phenoxy) is 1. The van der Waals surface area contributed by atoms with E-state index in [0.717, 1.165) is 28.1 Å². The van der Waals surface area contributed by atoms with E-state index in [-0.39, 0.29) is 0 Å². The predicted molar refractivity (Wildman–Crippen MR) is 85.2 cm³/mol. The minimum absolute atomic E-state index is 0.433. The molecule has 4 heteroatoms. The van der Waals surface area contributed by atoms with Gasteiger partial charge in [0.15, 0.2) is 0 Å². The molecule has 0 spiro atoms. The third kappa shape index (κ3) is 4.05. The summed E-state index contributed by atoms with van der Waals surface area (Å²) in [5, 5.41) is 3.39. The Kier molecular flexibility index (Phi) is 5.15. The van der Waals surface area contributed by atoms with Crippen LogP contribution in [0.1, 0.15) is 25.0 Å². The quantitative estimate of drug-likeness (QED) is 0.877. The molecule has 1 aromatic carbocycles. The Labute approximate surface area is 128 Å². The number of hydrogen-bond donors (Lipinski definition) is 1. The van der Waals surface area contributed by atoms with Crippen molar-refractivity contribution in [3.63, 3.8) is 0 Å². The molecule has 20 heavy (non-hydrogen) atoms. The Balaban J connectivity index is 2.20. The monoisotopic (exact) mass is 334 g/mol. The average molecular weight is 335 g/mol. The van der Waals surface area contributed by atoms with Gasteiger partial charge in [0.2, 0.25) is 0 Å². The zero-order valence-corrected chi connectivity index (χ0v) is 13.6. The second-order valence-electron chi connectivity index (χ2n) is 5.05. The third-order valence-corrected chi connectivity index (χ3v) is 3.50. The molecule has 0 aliphatic rings. The first kappa shape index (κ1) is 15.0. The maximum Gasteiger partial charge on any atom is 0.150 e. The summed E-state index contributed by atoms with van der Waals surface area (Å²) in [6.45, 7) is 7.06. The number of aryl methyl sites for hydroxylation is 1. The van der Waals surface area contributed by atoms with Crippen LogP contribution in [0, 0.1) is 6.92 Å². The number of nitrogens with one attached hydrogen (secondary N) is 1. The topological polar surface area (TPSA) is 34.1 Å².